The van der Waals surface area contributed by atoms with Crippen LogP contribution in [0.4, 0.5) is 5.95 Å². The second kappa shape index (κ2) is 5.48. The van der Waals surface area contributed by atoms with E-state index in [2.05, 4.69) is 33.5 Å². The number of imidazole rings is 1. The van der Waals surface area contributed by atoms with Gasteiger partial charge in [0.2, 0.25) is 11.9 Å². The Balaban J connectivity index is 2.12. The summed E-state index contributed by atoms with van der Waals surface area (Å²) in [6.07, 6.45) is 3.53. The zero-order valence-corrected chi connectivity index (χ0v) is 12.2. The van der Waals surface area contributed by atoms with Crippen LogP contribution in [0.3, 0.4) is 0 Å². The highest BCUT2D eigenvalue weighted by Crippen LogP contribution is 2.18. The largest absolute Gasteiger partial charge is 0.323 e. The Hall–Kier alpha value is -1.76. The van der Waals surface area contributed by atoms with Gasteiger partial charge in [-0.3, -0.25) is 10.1 Å². The van der Waals surface area contributed by atoms with Crippen molar-refractivity contribution in [2.24, 2.45) is 0 Å². The summed E-state index contributed by atoms with van der Waals surface area (Å²) in [5.74, 6) is 1.39. The average Bonchev–Trinajstić information content (AvgIpc) is 2.97. The minimum absolute atomic E-state index is 0.141. The molecule has 19 heavy (non-hydrogen) atoms. The summed E-state index contributed by atoms with van der Waals surface area (Å²) in [6, 6.07) is -0.344. The molecule has 0 aliphatic heterocycles. The van der Waals surface area contributed by atoms with Gasteiger partial charge in [-0.25, -0.2) is 9.97 Å². The van der Waals surface area contributed by atoms with E-state index in [4.69, 9.17) is 0 Å². The maximum Gasteiger partial charge on any atom is 0.249 e. The number of hydrogen-bond acceptors (Lipinski definition) is 5. The SMILES string of the molecule is Cc1nc(NC(=O)C(C)n2ccnc2C(C)C)ns1. The molecule has 2 aromatic heterocycles. The summed E-state index contributed by atoms with van der Waals surface area (Å²) in [5, 5.41) is 3.54. The standard InChI is InChI=1S/C12H17N5OS/c1-7(2)10-13-5-6-17(10)8(3)11(18)15-12-14-9(4)19-16-12/h5-8H,1-4H3,(H,15,16,18). The molecule has 0 fully saturated rings. The molecule has 6 nitrogen and oxygen atoms in total. The van der Waals surface area contributed by atoms with Crippen LogP contribution >= 0.6 is 11.5 Å². The van der Waals surface area contributed by atoms with E-state index in [1.807, 2.05) is 24.6 Å². The quantitative estimate of drug-likeness (QED) is 0.932. The first-order valence-corrected chi connectivity index (χ1v) is 6.90. The molecule has 0 saturated heterocycles. The molecule has 1 atom stereocenters. The fraction of sp³-hybridized carbons (Fsp3) is 0.500. The molecule has 0 aliphatic carbocycles. The summed E-state index contributed by atoms with van der Waals surface area (Å²) in [6.45, 7) is 7.79. The number of rotatable bonds is 4. The lowest BCUT2D eigenvalue weighted by atomic mass is 10.2. The van der Waals surface area contributed by atoms with Crippen LogP contribution in [0.2, 0.25) is 0 Å². The molecule has 0 radical (unpaired) electrons. The Bertz CT molecular complexity index is 574. The summed E-state index contributed by atoms with van der Waals surface area (Å²) < 4.78 is 5.92. The van der Waals surface area contributed by atoms with Gasteiger partial charge in [-0.05, 0) is 25.4 Å². The van der Waals surface area contributed by atoms with E-state index in [9.17, 15) is 4.79 Å². The van der Waals surface area contributed by atoms with E-state index in [0.717, 1.165) is 10.8 Å². The molecule has 0 aromatic carbocycles. The molecule has 1 unspecified atom stereocenters. The van der Waals surface area contributed by atoms with E-state index in [0.29, 0.717) is 5.95 Å². The van der Waals surface area contributed by atoms with Crippen molar-refractivity contribution in [1.29, 1.82) is 0 Å². The predicted molar refractivity (Wildman–Crippen MR) is 74.3 cm³/mol. The van der Waals surface area contributed by atoms with Gasteiger partial charge in [-0.1, -0.05) is 13.8 Å². The van der Waals surface area contributed by atoms with Crippen molar-refractivity contribution in [1.82, 2.24) is 18.9 Å². The van der Waals surface area contributed by atoms with Gasteiger partial charge in [-0.15, -0.1) is 0 Å². The second-order valence-electron chi connectivity index (χ2n) is 4.65. The molecule has 2 rings (SSSR count). The Morgan fingerprint density at radius 2 is 2.16 bits per heavy atom. The molecule has 0 bridgehead atoms. The third-order valence-corrected chi connectivity index (χ3v) is 3.39. The Labute approximate surface area is 116 Å². The number of aromatic nitrogens is 4. The molecule has 0 spiro atoms. The maximum atomic E-state index is 12.2. The van der Waals surface area contributed by atoms with Gasteiger partial charge in [0.05, 0.1) is 0 Å². The zero-order valence-electron chi connectivity index (χ0n) is 11.4. The number of aryl methyl sites for hydroxylation is 1. The molecule has 0 aliphatic rings. The summed E-state index contributed by atoms with van der Waals surface area (Å²) in [5.41, 5.74) is 0. The van der Waals surface area contributed by atoms with Crippen molar-refractivity contribution in [2.45, 2.75) is 39.7 Å². The molecule has 7 heteroatoms. The van der Waals surface area contributed by atoms with Crippen molar-refractivity contribution in [3.8, 4) is 0 Å². The molecule has 1 N–H and O–H groups in total. The fourth-order valence-electron chi connectivity index (χ4n) is 1.79. The lowest BCUT2D eigenvalue weighted by Crippen LogP contribution is -2.25. The normalized spacial score (nSPS) is 12.7. The van der Waals surface area contributed by atoms with Gasteiger partial charge < -0.3 is 4.57 Å². The van der Waals surface area contributed by atoms with E-state index < -0.39 is 0 Å². The highest BCUT2D eigenvalue weighted by atomic mass is 32.1. The molecule has 2 heterocycles. The minimum Gasteiger partial charge on any atom is -0.323 e. The van der Waals surface area contributed by atoms with E-state index in [1.165, 1.54) is 11.5 Å². The van der Waals surface area contributed by atoms with E-state index in [1.54, 1.807) is 6.20 Å². The first-order valence-electron chi connectivity index (χ1n) is 6.13. The molecule has 0 saturated carbocycles. The molecule has 102 valence electrons. The van der Waals surface area contributed by atoms with Gasteiger partial charge in [0.1, 0.15) is 16.9 Å². The molecule has 1 amide bonds. The van der Waals surface area contributed by atoms with Crippen LogP contribution < -0.4 is 5.32 Å². The Morgan fingerprint density at radius 1 is 1.42 bits per heavy atom. The smallest absolute Gasteiger partial charge is 0.249 e. The van der Waals surface area contributed by atoms with Crippen molar-refractivity contribution in [2.75, 3.05) is 5.32 Å². The van der Waals surface area contributed by atoms with Crippen LogP contribution in [-0.2, 0) is 4.79 Å². The highest BCUT2D eigenvalue weighted by Gasteiger charge is 2.20. The van der Waals surface area contributed by atoms with Gasteiger partial charge in [0.15, 0.2) is 0 Å². The summed E-state index contributed by atoms with van der Waals surface area (Å²) in [7, 11) is 0. The number of amides is 1. The number of carbonyl (C=O) groups excluding carboxylic acids is 1. The third kappa shape index (κ3) is 2.98. The van der Waals surface area contributed by atoms with Gasteiger partial charge in [0, 0.05) is 18.3 Å². The zero-order chi connectivity index (χ0) is 14.0. The topological polar surface area (TPSA) is 72.7 Å². The van der Waals surface area contributed by atoms with Gasteiger partial charge in [0.25, 0.3) is 0 Å². The number of anilines is 1. The number of hydrogen-bond donors (Lipinski definition) is 1. The second-order valence-corrected chi connectivity index (χ2v) is 5.61. The van der Waals surface area contributed by atoms with Gasteiger partial charge >= 0.3 is 0 Å². The van der Waals surface area contributed by atoms with E-state index >= 15 is 0 Å². The van der Waals surface area contributed by atoms with Crippen molar-refractivity contribution in [3.63, 3.8) is 0 Å². The van der Waals surface area contributed by atoms with Crippen LogP contribution in [0.5, 0.6) is 0 Å². The van der Waals surface area contributed by atoms with E-state index in [-0.39, 0.29) is 17.9 Å². The van der Waals surface area contributed by atoms with Crippen LogP contribution in [-0.4, -0.2) is 24.8 Å². The monoisotopic (exact) mass is 279 g/mol. The third-order valence-electron chi connectivity index (χ3n) is 2.77. The van der Waals surface area contributed by atoms with Crippen LogP contribution in [0.1, 0.15) is 43.6 Å². The number of nitrogens with one attached hydrogen (secondary N) is 1. The van der Waals surface area contributed by atoms with Crippen LogP contribution in [0, 0.1) is 6.92 Å². The lowest BCUT2D eigenvalue weighted by molar-refractivity contribution is -0.118. The number of carbonyl (C=O) groups is 1. The van der Waals surface area contributed by atoms with Crippen molar-refractivity contribution in [3.05, 3.63) is 23.2 Å². The summed E-state index contributed by atoms with van der Waals surface area (Å²) in [4.78, 5) is 20.6. The van der Waals surface area contributed by atoms with Crippen molar-refractivity contribution >= 4 is 23.4 Å². The molecule has 2 aromatic rings. The fourth-order valence-corrected chi connectivity index (χ4v) is 2.22. The van der Waals surface area contributed by atoms with Crippen LogP contribution in [0.15, 0.2) is 12.4 Å². The first-order chi connectivity index (χ1) is 8.99. The minimum atomic E-state index is -0.344. The van der Waals surface area contributed by atoms with Crippen LogP contribution in [0.25, 0.3) is 0 Å². The lowest BCUT2D eigenvalue weighted by Gasteiger charge is -2.16. The maximum absolute atomic E-state index is 12.2. The van der Waals surface area contributed by atoms with Crippen molar-refractivity contribution < 1.29 is 4.79 Å². The highest BCUT2D eigenvalue weighted by molar-refractivity contribution is 7.05. The Morgan fingerprint density at radius 3 is 2.74 bits per heavy atom. The predicted octanol–water partition coefficient (Wildman–Crippen LogP) is 2.37. The Kier molecular flexibility index (Phi) is 3.94. The number of nitrogens with zero attached hydrogens (tertiary/aromatic N) is 4. The first kappa shape index (κ1) is 13.7. The average molecular weight is 279 g/mol. The van der Waals surface area contributed by atoms with Gasteiger partial charge in [-0.2, -0.15) is 4.37 Å². The molecular formula is C12H17N5OS. The molecular weight excluding hydrogens is 262 g/mol. The summed E-state index contributed by atoms with van der Waals surface area (Å²) >= 11 is 1.27.